The molecule has 1 heterocycles. The van der Waals surface area contributed by atoms with Gasteiger partial charge in [-0.2, -0.15) is 5.10 Å². The number of benzene rings is 1. The minimum absolute atomic E-state index is 0.166. The lowest BCUT2D eigenvalue weighted by molar-refractivity contribution is -0.142. The normalized spacial score (nSPS) is 18.0. The van der Waals surface area contributed by atoms with Crippen LogP contribution in [0.15, 0.2) is 42.1 Å². The summed E-state index contributed by atoms with van der Waals surface area (Å²) in [4.78, 5) is 19.2. The van der Waals surface area contributed by atoms with Crippen molar-refractivity contribution in [1.82, 2.24) is 14.8 Å². The van der Waals surface area contributed by atoms with E-state index in [4.69, 9.17) is 21.5 Å². The average molecular weight is 365 g/mol. The van der Waals surface area contributed by atoms with Crippen molar-refractivity contribution in [3.63, 3.8) is 0 Å². The van der Waals surface area contributed by atoms with Crippen LogP contribution in [-0.2, 0) is 21.8 Å². The van der Waals surface area contributed by atoms with Gasteiger partial charge >= 0.3 is 5.97 Å². The number of hydrogen-bond acceptors (Lipinski definition) is 6. The lowest BCUT2D eigenvalue weighted by Crippen LogP contribution is -2.42. The minimum Gasteiger partial charge on any atom is -0.479 e. The lowest BCUT2D eigenvalue weighted by atomic mass is 9.79. The van der Waals surface area contributed by atoms with E-state index in [9.17, 15) is 9.90 Å². The summed E-state index contributed by atoms with van der Waals surface area (Å²) in [6.07, 6.45) is 5.77. The van der Waals surface area contributed by atoms with E-state index in [-0.39, 0.29) is 6.54 Å². The van der Waals surface area contributed by atoms with Gasteiger partial charge in [-0.15, -0.1) is 0 Å². The van der Waals surface area contributed by atoms with Crippen LogP contribution in [0.3, 0.4) is 0 Å². The summed E-state index contributed by atoms with van der Waals surface area (Å²) in [6, 6.07) is 6.92. The number of carboxylic acids is 1. The van der Waals surface area contributed by atoms with E-state index >= 15 is 0 Å². The predicted molar refractivity (Wildman–Crippen MR) is 89.1 cm³/mol. The van der Waals surface area contributed by atoms with Crippen LogP contribution in [0.25, 0.3) is 0 Å². The Kier molecular flexibility index (Phi) is 4.73. The van der Waals surface area contributed by atoms with Crippen molar-refractivity contribution in [3.8, 4) is 0 Å². The van der Waals surface area contributed by atoms with Crippen molar-refractivity contribution in [2.45, 2.75) is 25.0 Å². The highest BCUT2D eigenvalue weighted by molar-refractivity contribution is 6.30. The van der Waals surface area contributed by atoms with Gasteiger partial charge in [-0.05, 0) is 30.5 Å². The molecule has 1 unspecified atom stereocenters. The highest BCUT2D eigenvalue weighted by atomic mass is 35.5. The number of halogens is 1. The molecule has 2 N–H and O–H groups in total. The Morgan fingerprint density at radius 3 is 2.72 bits per heavy atom. The van der Waals surface area contributed by atoms with Crippen LogP contribution < -0.4 is 0 Å². The Balaban J connectivity index is 1.90. The summed E-state index contributed by atoms with van der Waals surface area (Å²) in [5.41, 5.74) is -1.33. The van der Waals surface area contributed by atoms with E-state index < -0.39 is 23.6 Å². The number of rotatable bonds is 8. The SMILES string of the molecule is O=C(O)CON=CC1(C(O)(Cn2cncn2)c2ccc(Cl)cc2)CC1. The van der Waals surface area contributed by atoms with Crippen LogP contribution in [0.2, 0.25) is 5.02 Å². The van der Waals surface area contributed by atoms with Crippen LogP contribution in [0, 0.1) is 5.41 Å². The van der Waals surface area contributed by atoms with E-state index in [1.807, 2.05) is 0 Å². The number of aromatic nitrogens is 3. The molecule has 0 radical (unpaired) electrons. The van der Waals surface area contributed by atoms with Gasteiger partial charge in [0.15, 0.2) is 0 Å². The fourth-order valence-electron chi connectivity index (χ4n) is 2.83. The van der Waals surface area contributed by atoms with Gasteiger partial charge in [0.2, 0.25) is 6.61 Å². The maximum Gasteiger partial charge on any atom is 0.344 e. The Morgan fingerprint density at radius 2 is 2.16 bits per heavy atom. The quantitative estimate of drug-likeness (QED) is 0.544. The highest BCUT2D eigenvalue weighted by Gasteiger charge is 2.59. The fourth-order valence-corrected chi connectivity index (χ4v) is 2.95. The largest absolute Gasteiger partial charge is 0.479 e. The van der Waals surface area contributed by atoms with Crippen molar-refractivity contribution in [1.29, 1.82) is 0 Å². The second-order valence-corrected chi connectivity index (χ2v) is 6.45. The van der Waals surface area contributed by atoms with Gasteiger partial charge in [-0.3, -0.25) is 0 Å². The number of oxime groups is 1. The van der Waals surface area contributed by atoms with E-state index in [1.54, 1.807) is 28.9 Å². The number of carbonyl (C=O) groups is 1. The molecule has 1 fully saturated rings. The van der Waals surface area contributed by atoms with Gasteiger partial charge in [-0.1, -0.05) is 28.9 Å². The molecule has 1 aliphatic rings. The number of hydrogen-bond donors (Lipinski definition) is 2. The molecule has 0 aliphatic heterocycles. The molecule has 1 atom stereocenters. The summed E-state index contributed by atoms with van der Waals surface area (Å²) in [5, 5.41) is 28.5. The van der Waals surface area contributed by atoms with Crippen molar-refractivity contribution in [2.75, 3.05) is 6.61 Å². The Morgan fingerprint density at radius 1 is 1.44 bits per heavy atom. The van der Waals surface area contributed by atoms with Crippen LogP contribution in [0.5, 0.6) is 0 Å². The van der Waals surface area contributed by atoms with Gasteiger partial charge in [-0.25, -0.2) is 14.5 Å². The first-order valence-electron chi connectivity index (χ1n) is 7.64. The first-order valence-corrected chi connectivity index (χ1v) is 8.02. The third-order valence-corrected chi connectivity index (χ3v) is 4.61. The van der Waals surface area contributed by atoms with E-state index in [2.05, 4.69) is 15.2 Å². The van der Waals surface area contributed by atoms with Gasteiger partial charge in [0, 0.05) is 10.4 Å². The molecule has 1 aromatic heterocycles. The molecule has 3 rings (SSSR count). The van der Waals surface area contributed by atoms with E-state index in [0.717, 1.165) is 0 Å². The van der Waals surface area contributed by atoms with Gasteiger partial charge in [0.05, 0.1) is 12.8 Å². The highest BCUT2D eigenvalue weighted by Crippen LogP contribution is 2.57. The molecule has 2 aromatic rings. The predicted octanol–water partition coefficient (Wildman–Crippen LogP) is 1.69. The van der Waals surface area contributed by atoms with Gasteiger partial charge in [0.25, 0.3) is 0 Å². The van der Waals surface area contributed by atoms with E-state index in [1.165, 1.54) is 18.9 Å². The summed E-state index contributed by atoms with van der Waals surface area (Å²) in [6.45, 7) is -0.366. The zero-order valence-corrected chi connectivity index (χ0v) is 14.0. The molecule has 0 spiro atoms. The smallest absolute Gasteiger partial charge is 0.344 e. The number of aliphatic carboxylic acids is 1. The van der Waals surface area contributed by atoms with Crippen LogP contribution in [-0.4, -0.2) is 43.8 Å². The van der Waals surface area contributed by atoms with Gasteiger partial charge in [0.1, 0.15) is 18.3 Å². The van der Waals surface area contributed by atoms with Crippen molar-refractivity contribution >= 4 is 23.8 Å². The van der Waals surface area contributed by atoms with Crippen LogP contribution in [0.4, 0.5) is 0 Å². The second-order valence-electron chi connectivity index (χ2n) is 6.02. The number of carboxylic acid groups (broad SMARTS) is 1. The zero-order chi connectivity index (χ0) is 17.9. The summed E-state index contributed by atoms with van der Waals surface area (Å²) in [5.74, 6) is -1.11. The molecule has 1 aliphatic carbocycles. The fraction of sp³-hybridized carbons (Fsp3) is 0.375. The molecule has 9 heteroatoms. The van der Waals surface area contributed by atoms with E-state index in [0.29, 0.717) is 23.4 Å². The van der Waals surface area contributed by atoms with Gasteiger partial charge < -0.3 is 15.1 Å². The average Bonchev–Trinajstić information content (AvgIpc) is 3.21. The first kappa shape index (κ1) is 17.4. The minimum atomic E-state index is -1.32. The second kappa shape index (κ2) is 6.81. The Hall–Kier alpha value is -2.45. The zero-order valence-electron chi connectivity index (χ0n) is 13.2. The topological polar surface area (TPSA) is 110 Å². The van der Waals surface area contributed by atoms with Crippen molar-refractivity contribution < 1.29 is 19.8 Å². The summed E-state index contributed by atoms with van der Waals surface area (Å²) in [7, 11) is 0. The number of aliphatic hydroxyl groups is 1. The van der Waals surface area contributed by atoms with Crippen molar-refractivity contribution in [2.24, 2.45) is 10.6 Å². The Labute approximate surface area is 148 Å². The monoisotopic (exact) mass is 364 g/mol. The standard InChI is InChI=1S/C16H17ClN4O4/c17-13-3-1-12(2-4-13)16(24,9-21-11-18-10-19-21)15(5-6-15)8-20-25-7-14(22)23/h1-4,8,10-11,24H,5-7,9H2,(H,22,23). The number of nitrogens with zero attached hydrogens (tertiary/aromatic N) is 4. The molecule has 0 saturated heterocycles. The molecule has 1 aromatic carbocycles. The summed E-state index contributed by atoms with van der Waals surface area (Å²) >= 11 is 5.96. The molecule has 8 nitrogen and oxygen atoms in total. The molecule has 1 saturated carbocycles. The maximum atomic E-state index is 11.5. The molecular weight excluding hydrogens is 348 g/mol. The molecular formula is C16H17ClN4O4. The molecule has 25 heavy (non-hydrogen) atoms. The third-order valence-electron chi connectivity index (χ3n) is 4.35. The summed E-state index contributed by atoms with van der Waals surface area (Å²) < 4.78 is 1.54. The lowest BCUT2D eigenvalue weighted by Gasteiger charge is -2.34. The van der Waals surface area contributed by atoms with Crippen molar-refractivity contribution in [3.05, 3.63) is 47.5 Å². The van der Waals surface area contributed by atoms with Crippen LogP contribution in [0.1, 0.15) is 18.4 Å². The Bertz CT molecular complexity index is 759. The molecule has 0 amide bonds. The molecule has 132 valence electrons. The molecule has 0 bridgehead atoms. The third kappa shape index (κ3) is 3.64. The maximum absolute atomic E-state index is 11.5. The van der Waals surface area contributed by atoms with Crippen LogP contribution >= 0.6 is 11.6 Å². The first-order chi connectivity index (χ1) is 12.0.